The van der Waals surface area contributed by atoms with Gasteiger partial charge in [-0.2, -0.15) is 4.31 Å². The van der Waals surface area contributed by atoms with Crippen molar-refractivity contribution < 1.29 is 52.2 Å². The average molecular weight is 277 g/mol. The first-order valence-electron chi connectivity index (χ1n) is 4.40. The Kier molecular flexibility index (Phi) is 5.88. The number of nitrogens with zero attached hydrogens (tertiary/aromatic N) is 1. The summed E-state index contributed by atoms with van der Waals surface area (Å²) in [6.45, 7) is 0. The zero-order chi connectivity index (χ0) is 11.9. The maximum Gasteiger partial charge on any atom is 1.00 e. The van der Waals surface area contributed by atoms with Gasteiger partial charge in [-0.05, 0) is 12.8 Å². The molecule has 0 radical (unpaired) electrons. The molecule has 0 N–H and O–H groups in total. The van der Waals surface area contributed by atoms with Crippen molar-refractivity contribution in [3.05, 3.63) is 0 Å². The van der Waals surface area contributed by atoms with Crippen molar-refractivity contribution in [2.45, 2.75) is 12.8 Å². The minimum atomic E-state index is -4.27. The van der Waals surface area contributed by atoms with Crippen molar-refractivity contribution in [2.24, 2.45) is 5.92 Å². The zero-order valence-electron chi connectivity index (χ0n) is 9.54. The van der Waals surface area contributed by atoms with Gasteiger partial charge in [0.05, 0.1) is 19.9 Å². The van der Waals surface area contributed by atoms with Crippen molar-refractivity contribution in [3.63, 3.8) is 0 Å². The van der Waals surface area contributed by atoms with Gasteiger partial charge in [-0.25, -0.2) is 8.42 Å². The van der Waals surface area contributed by atoms with E-state index in [1.54, 1.807) is 0 Å². The molecule has 0 bridgehead atoms. The number of carbonyl (C=O) groups is 1. The van der Waals surface area contributed by atoms with E-state index in [0.29, 0.717) is 17.1 Å². The Morgan fingerprint density at radius 2 is 1.94 bits per heavy atom. The summed E-state index contributed by atoms with van der Waals surface area (Å²) < 4.78 is 34.1. The van der Waals surface area contributed by atoms with Gasteiger partial charge in [0.1, 0.15) is 0 Å². The van der Waals surface area contributed by atoms with Crippen molar-refractivity contribution in [1.82, 2.24) is 4.31 Å². The molecule has 0 spiro atoms. The molecule has 9 heteroatoms. The standard InChI is InChI=1S/C7H14NO5PS.Na/c1-8(15(2,12)13)5-14(10,11)7(9)6-3-4-6;/h6H,3-5H2,1-2H3,(H,10,11);/q;+1/p-1. The predicted octanol–water partition coefficient (Wildman–Crippen LogP) is -3.59. The van der Waals surface area contributed by atoms with Crippen LogP contribution in [0.4, 0.5) is 0 Å². The van der Waals surface area contributed by atoms with Gasteiger partial charge in [0.15, 0.2) is 5.52 Å². The molecule has 1 atom stereocenters. The Hall–Kier alpha value is 0.770. The predicted molar refractivity (Wildman–Crippen MR) is 52.8 cm³/mol. The van der Waals surface area contributed by atoms with E-state index in [4.69, 9.17) is 0 Å². The van der Waals surface area contributed by atoms with Crippen molar-refractivity contribution in [2.75, 3.05) is 19.6 Å². The number of carbonyl (C=O) groups excluding carboxylic acids is 1. The number of sulfonamides is 1. The Balaban J connectivity index is 0.00000225. The second-order valence-corrected chi connectivity index (χ2v) is 7.95. The zero-order valence-corrected chi connectivity index (χ0v) is 13.3. The number of hydrogen-bond acceptors (Lipinski definition) is 5. The fourth-order valence-corrected chi connectivity index (χ4v) is 3.82. The van der Waals surface area contributed by atoms with E-state index in [2.05, 4.69) is 0 Å². The van der Waals surface area contributed by atoms with Crippen LogP contribution in [-0.2, 0) is 19.4 Å². The first-order valence-corrected chi connectivity index (χ1v) is 8.06. The molecule has 88 valence electrons. The first kappa shape index (κ1) is 16.8. The van der Waals surface area contributed by atoms with E-state index in [9.17, 15) is 22.7 Å². The topological polar surface area (TPSA) is 94.6 Å². The molecule has 0 heterocycles. The van der Waals surface area contributed by atoms with Gasteiger partial charge in [0.2, 0.25) is 10.0 Å². The van der Waals surface area contributed by atoms with Gasteiger partial charge in [-0.3, -0.25) is 4.79 Å². The van der Waals surface area contributed by atoms with Crippen LogP contribution in [0.25, 0.3) is 0 Å². The van der Waals surface area contributed by atoms with E-state index < -0.39 is 35.1 Å². The van der Waals surface area contributed by atoms with E-state index in [1.165, 1.54) is 0 Å². The summed E-state index contributed by atoms with van der Waals surface area (Å²) in [6.07, 6.45) is 1.34. The molecule has 1 fully saturated rings. The SMILES string of the molecule is CN(CP(=O)([O-])C(=O)C1CC1)S(C)(=O)=O.[Na+]. The normalized spacial score (nSPS) is 20.0. The van der Waals surface area contributed by atoms with Gasteiger partial charge >= 0.3 is 29.6 Å². The second kappa shape index (κ2) is 5.61. The quantitative estimate of drug-likeness (QED) is 0.382. The third-order valence-electron chi connectivity index (χ3n) is 2.21. The molecule has 1 saturated carbocycles. The summed E-state index contributed by atoms with van der Waals surface area (Å²) in [7, 11) is -6.70. The monoisotopic (exact) mass is 277 g/mol. The maximum atomic E-state index is 11.4. The molecule has 0 aromatic carbocycles. The fourth-order valence-electron chi connectivity index (χ4n) is 1.05. The Morgan fingerprint density at radius 1 is 1.50 bits per heavy atom. The van der Waals surface area contributed by atoms with Crippen LogP contribution in [0.15, 0.2) is 0 Å². The van der Waals surface area contributed by atoms with E-state index >= 15 is 0 Å². The van der Waals surface area contributed by atoms with Crippen LogP contribution < -0.4 is 34.5 Å². The minimum Gasteiger partial charge on any atom is -0.793 e. The largest absolute Gasteiger partial charge is 1.00 e. The van der Waals surface area contributed by atoms with Gasteiger partial charge in [-0.1, -0.05) is 0 Å². The molecule has 1 rings (SSSR count). The minimum absolute atomic E-state index is 0. The summed E-state index contributed by atoms with van der Waals surface area (Å²) in [5.74, 6) is -0.402. The molecule has 6 nitrogen and oxygen atoms in total. The van der Waals surface area contributed by atoms with Crippen LogP contribution in [0.3, 0.4) is 0 Å². The molecule has 0 aliphatic heterocycles. The van der Waals surface area contributed by atoms with E-state index in [0.717, 1.165) is 13.3 Å². The van der Waals surface area contributed by atoms with Crippen LogP contribution in [0.1, 0.15) is 12.8 Å². The molecule has 16 heavy (non-hydrogen) atoms. The van der Waals surface area contributed by atoms with Crippen molar-refractivity contribution in [1.29, 1.82) is 0 Å². The van der Waals surface area contributed by atoms with Gasteiger partial charge < -0.3 is 9.46 Å². The Morgan fingerprint density at radius 3 is 2.25 bits per heavy atom. The fraction of sp³-hybridized carbons (Fsp3) is 0.857. The van der Waals surface area contributed by atoms with Crippen LogP contribution in [0.5, 0.6) is 0 Å². The molecule has 0 amide bonds. The van der Waals surface area contributed by atoms with Gasteiger partial charge in [0.25, 0.3) is 0 Å². The van der Waals surface area contributed by atoms with E-state index in [-0.39, 0.29) is 29.6 Å². The second-order valence-electron chi connectivity index (χ2n) is 3.79. The third-order valence-corrected chi connectivity index (χ3v) is 5.50. The van der Waals surface area contributed by atoms with Crippen LogP contribution in [0.2, 0.25) is 0 Å². The van der Waals surface area contributed by atoms with Crippen LogP contribution in [-0.4, -0.2) is 37.8 Å². The summed E-state index contributed by atoms with van der Waals surface area (Å²) in [6, 6.07) is 0. The van der Waals surface area contributed by atoms with Crippen LogP contribution in [0, 0.1) is 5.92 Å². The molecule has 0 aromatic heterocycles. The first-order chi connectivity index (χ1) is 6.64. The molecule has 1 aliphatic rings. The maximum absolute atomic E-state index is 11.4. The Bertz CT molecular complexity index is 418. The Labute approximate surface area is 117 Å². The summed E-state index contributed by atoms with van der Waals surface area (Å²) in [5.41, 5.74) is -0.807. The summed E-state index contributed by atoms with van der Waals surface area (Å²) >= 11 is 0. The van der Waals surface area contributed by atoms with Crippen molar-refractivity contribution in [3.8, 4) is 0 Å². The molecule has 1 unspecified atom stereocenters. The number of hydrogen-bond donors (Lipinski definition) is 0. The molecular weight excluding hydrogens is 264 g/mol. The smallest absolute Gasteiger partial charge is 0.793 e. The molecule has 1 aliphatic carbocycles. The third kappa shape index (κ3) is 4.56. The molecular formula is C7H13NNaO5PS. The number of rotatable bonds is 5. The van der Waals surface area contributed by atoms with Gasteiger partial charge in [-0.15, -0.1) is 0 Å². The average Bonchev–Trinajstić information content (AvgIpc) is 2.82. The summed E-state index contributed by atoms with van der Waals surface area (Å²) in [5, 5.41) is 0. The van der Waals surface area contributed by atoms with E-state index in [1.807, 2.05) is 0 Å². The molecule has 0 aromatic rings. The van der Waals surface area contributed by atoms with Crippen LogP contribution >= 0.6 is 7.37 Å². The summed E-state index contributed by atoms with van der Waals surface area (Å²) in [4.78, 5) is 22.7. The van der Waals surface area contributed by atoms with Crippen molar-refractivity contribution >= 4 is 22.9 Å². The molecule has 0 saturated heterocycles. The van der Waals surface area contributed by atoms with Gasteiger partial charge in [0, 0.05) is 13.0 Å².